The zero-order chi connectivity index (χ0) is 25.8. The number of amides is 1. The first kappa shape index (κ1) is 27.0. The lowest BCUT2D eigenvalue weighted by Gasteiger charge is -2.32. The molecule has 2 aromatic rings. The molecule has 6 heteroatoms. The zero-order valence-corrected chi connectivity index (χ0v) is 22.2. The maximum absolute atomic E-state index is 12.6. The number of carbonyl (C=O) groups is 1. The number of aliphatic hydroxyl groups is 1. The van der Waals surface area contributed by atoms with Crippen LogP contribution in [0.15, 0.2) is 48.5 Å². The fraction of sp³-hybridized carbons (Fsp3) is 0.552. The largest absolute Gasteiger partial charge is 0.488 e. The molecule has 0 unspecified atom stereocenters. The third-order valence-electron chi connectivity index (χ3n) is 6.46. The van der Waals surface area contributed by atoms with E-state index in [1.165, 1.54) is 11.1 Å². The minimum atomic E-state index is -0.765. The van der Waals surface area contributed by atoms with Crippen molar-refractivity contribution in [3.63, 3.8) is 0 Å². The summed E-state index contributed by atoms with van der Waals surface area (Å²) in [5, 5.41) is 14.4. The van der Waals surface area contributed by atoms with E-state index in [4.69, 9.17) is 9.47 Å². The standard InChI is InChI=1S/C29H42N2O4/c1-19(2)22-15-20(3)16-23(17-22)34-25-18-24(30-28(33)35-29(4,5)6)26(27(25)32)31(7)14-13-21-11-9-8-10-12-21/h8-12,15-17,19,24-27,32H,13-14,18H2,1-7H3,(H,30,33)/t24-,25-,26+,27+/m0/s1. The molecule has 35 heavy (non-hydrogen) atoms. The Labute approximate surface area is 210 Å². The second-order valence-corrected chi connectivity index (χ2v) is 11.1. The SMILES string of the molecule is Cc1cc(O[C@H]2C[C@H](NC(=O)OC(C)(C)C)[C@@H](N(C)CCc3ccccc3)[C@@H]2O)cc(C(C)C)c1. The summed E-state index contributed by atoms with van der Waals surface area (Å²) in [4.78, 5) is 14.7. The third-order valence-corrected chi connectivity index (χ3v) is 6.46. The molecule has 2 aromatic carbocycles. The molecular weight excluding hydrogens is 440 g/mol. The maximum atomic E-state index is 12.6. The van der Waals surface area contributed by atoms with Crippen molar-refractivity contribution < 1.29 is 19.4 Å². The van der Waals surface area contributed by atoms with E-state index in [-0.39, 0.29) is 12.1 Å². The Morgan fingerprint density at radius 3 is 2.49 bits per heavy atom. The Bertz CT molecular complexity index is 970. The van der Waals surface area contributed by atoms with E-state index in [0.717, 1.165) is 24.3 Å². The summed E-state index contributed by atoms with van der Waals surface area (Å²) in [5.74, 6) is 1.13. The summed E-state index contributed by atoms with van der Waals surface area (Å²) in [7, 11) is 1.99. The van der Waals surface area contributed by atoms with Gasteiger partial charge in [0.05, 0.1) is 12.1 Å². The molecule has 0 aliphatic heterocycles. The van der Waals surface area contributed by atoms with Crippen molar-refractivity contribution in [2.45, 2.75) is 90.2 Å². The van der Waals surface area contributed by atoms with Gasteiger partial charge in [0.1, 0.15) is 23.6 Å². The normalized spacial score (nSPS) is 22.5. The van der Waals surface area contributed by atoms with Crippen LogP contribution in [0.1, 0.15) is 63.6 Å². The summed E-state index contributed by atoms with van der Waals surface area (Å²) in [5.41, 5.74) is 2.96. The van der Waals surface area contributed by atoms with Crippen LogP contribution in [0.5, 0.6) is 5.75 Å². The number of ether oxygens (including phenoxy) is 2. The fourth-order valence-corrected chi connectivity index (χ4v) is 4.73. The number of nitrogens with one attached hydrogen (secondary N) is 1. The second kappa shape index (κ2) is 11.4. The molecule has 192 valence electrons. The highest BCUT2D eigenvalue weighted by atomic mass is 16.6. The molecule has 6 nitrogen and oxygen atoms in total. The van der Waals surface area contributed by atoms with Crippen molar-refractivity contribution in [2.24, 2.45) is 0 Å². The lowest BCUT2D eigenvalue weighted by molar-refractivity contribution is 0.0132. The lowest BCUT2D eigenvalue weighted by atomic mass is 10.0. The van der Waals surface area contributed by atoms with Gasteiger partial charge in [-0.05, 0) is 75.9 Å². The number of aliphatic hydroxyl groups excluding tert-OH is 1. The van der Waals surface area contributed by atoms with Gasteiger partial charge in [0, 0.05) is 13.0 Å². The van der Waals surface area contributed by atoms with E-state index < -0.39 is 23.9 Å². The Kier molecular flexibility index (Phi) is 8.84. The molecule has 2 N–H and O–H groups in total. The van der Waals surface area contributed by atoms with Crippen LogP contribution >= 0.6 is 0 Å². The predicted molar refractivity (Wildman–Crippen MR) is 140 cm³/mol. The van der Waals surface area contributed by atoms with E-state index in [9.17, 15) is 9.90 Å². The number of aryl methyl sites for hydroxylation is 1. The Balaban J connectivity index is 1.77. The molecule has 0 saturated heterocycles. The number of hydrogen-bond donors (Lipinski definition) is 2. The van der Waals surface area contributed by atoms with Gasteiger partial charge in [-0.1, -0.05) is 50.2 Å². The molecule has 1 amide bonds. The van der Waals surface area contributed by atoms with E-state index in [2.05, 4.69) is 49.2 Å². The van der Waals surface area contributed by atoms with Gasteiger partial charge in [0.15, 0.2) is 0 Å². The highest BCUT2D eigenvalue weighted by Gasteiger charge is 2.47. The molecule has 1 saturated carbocycles. The van der Waals surface area contributed by atoms with Gasteiger partial charge in [-0.15, -0.1) is 0 Å². The van der Waals surface area contributed by atoms with Crippen LogP contribution in [-0.4, -0.2) is 59.6 Å². The first-order valence-electron chi connectivity index (χ1n) is 12.6. The molecule has 1 fully saturated rings. The first-order chi connectivity index (χ1) is 16.4. The summed E-state index contributed by atoms with van der Waals surface area (Å²) in [6.45, 7) is 12.6. The molecule has 0 heterocycles. The number of likely N-dealkylation sites (N-methyl/N-ethyl adjacent to an activating group) is 1. The number of benzene rings is 2. The molecule has 0 radical (unpaired) electrons. The van der Waals surface area contributed by atoms with Crippen LogP contribution in [0.3, 0.4) is 0 Å². The molecule has 3 rings (SSSR count). The molecule has 0 bridgehead atoms. The molecule has 1 aliphatic carbocycles. The van der Waals surface area contributed by atoms with Crippen LogP contribution in [0.2, 0.25) is 0 Å². The van der Waals surface area contributed by atoms with Crippen LogP contribution in [0.4, 0.5) is 4.79 Å². The van der Waals surface area contributed by atoms with Gasteiger partial charge in [-0.25, -0.2) is 4.79 Å². The van der Waals surface area contributed by atoms with E-state index in [1.807, 2.05) is 58.2 Å². The summed E-state index contributed by atoms with van der Waals surface area (Å²) < 4.78 is 11.9. The van der Waals surface area contributed by atoms with Crippen molar-refractivity contribution >= 4 is 6.09 Å². The first-order valence-corrected chi connectivity index (χ1v) is 12.6. The molecule has 0 aromatic heterocycles. The van der Waals surface area contributed by atoms with Crippen molar-refractivity contribution in [1.29, 1.82) is 0 Å². The number of carbonyl (C=O) groups excluding carboxylic acids is 1. The second-order valence-electron chi connectivity index (χ2n) is 11.1. The van der Waals surface area contributed by atoms with Gasteiger partial charge in [0.2, 0.25) is 0 Å². The molecule has 1 aliphatic rings. The van der Waals surface area contributed by atoms with Gasteiger partial charge < -0.3 is 19.9 Å². The van der Waals surface area contributed by atoms with Crippen LogP contribution in [0.25, 0.3) is 0 Å². The third kappa shape index (κ3) is 7.71. The predicted octanol–water partition coefficient (Wildman–Crippen LogP) is 5.07. The Hall–Kier alpha value is -2.57. The molecular formula is C29H42N2O4. The molecule has 0 spiro atoms. The number of alkyl carbamates (subject to hydrolysis) is 1. The monoisotopic (exact) mass is 482 g/mol. The summed E-state index contributed by atoms with van der Waals surface area (Å²) in [6, 6.07) is 15.9. The Morgan fingerprint density at radius 1 is 1.17 bits per heavy atom. The Morgan fingerprint density at radius 2 is 1.86 bits per heavy atom. The zero-order valence-electron chi connectivity index (χ0n) is 22.2. The summed E-state index contributed by atoms with van der Waals surface area (Å²) in [6.07, 6.45) is -0.346. The lowest BCUT2D eigenvalue weighted by Crippen LogP contribution is -2.53. The van der Waals surface area contributed by atoms with Crippen molar-refractivity contribution in [3.8, 4) is 5.75 Å². The fourth-order valence-electron chi connectivity index (χ4n) is 4.73. The van der Waals surface area contributed by atoms with Crippen molar-refractivity contribution in [2.75, 3.05) is 13.6 Å². The van der Waals surface area contributed by atoms with Crippen molar-refractivity contribution in [1.82, 2.24) is 10.2 Å². The minimum absolute atomic E-state index is 0.300. The summed E-state index contributed by atoms with van der Waals surface area (Å²) >= 11 is 0. The average Bonchev–Trinajstić information content (AvgIpc) is 3.05. The molecule has 4 atom stereocenters. The van der Waals surface area contributed by atoms with Gasteiger partial charge >= 0.3 is 6.09 Å². The minimum Gasteiger partial charge on any atom is -0.488 e. The highest BCUT2D eigenvalue weighted by molar-refractivity contribution is 5.68. The number of rotatable bonds is 8. The van der Waals surface area contributed by atoms with Crippen LogP contribution in [-0.2, 0) is 11.2 Å². The van der Waals surface area contributed by atoms with Gasteiger partial charge in [-0.2, -0.15) is 0 Å². The van der Waals surface area contributed by atoms with Crippen molar-refractivity contribution in [3.05, 3.63) is 65.2 Å². The van der Waals surface area contributed by atoms with Crippen LogP contribution < -0.4 is 10.1 Å². The number of hydrogen-bond acceptors (Lipinski definition) is 5. The van der Waals surface area contributed by atoms with Gasteiger partial charge in [0.25, 0.3) is 0 Å². The topological polar surface area (TPSA) is 71.0 Å². The van der Waals surface area contributed by atoms with Gasteiger partial charge in [-0.3, -0.25) is 4.90 Å². The maximum Gasteiger partial charge on any atom is 0.407 e. The van der Waals surface area contributed by atoms with E-state index >= 15 is 0 Å². The van der Waals surface area contributed by atoms with E-state index in [0.29, 0.717) is 12.3 Å². The quantitative estimate of drug-likeness (QED) is 0.550. The van der Waals surface area contributed by atoms with E-state index in [1.54, 1.807) is 0 Å². The smallest absolute Gasteiger partial charge is 0.407 e. The number of nitrogens with zero attached hydrogens (tertiary/aromatic N) is 1. The highest BCUT2D eigenvalue weighted by Crippen LogP contribution is 2.31. The van der Waals surface area contributed by atoms with Crippen LogP contribution in [0, 0.1) is 6.92 Å². The average molecular weight is 483 g/mol.